The Bertz CT molecular complexity index is 546. The quantitative estimate of drug-likeness (QED) is 0.849. The highest BCUT2D eigenvalue weighted by Gasteiger charge is 2.02. The van der Waals surface area contributed by atoms with E-state index in [2.05, 4.69) is 22.4 Å². The molecule has 1 aromatic heterocycles. The van der Waals surface area contributed by atoms with Crippen LogP contribution in [0.25, 0.3) is 10.9 Å². The molecule has 4 nitrogen and oxygen atoms in total. The van der Waals surface area contributed by atoms with Crippen molar-refractivity contribution in [3.8, 4) is 0 Å². The van der Waals surface area contributed by atoms with Crippen molar-refractivity contribution < 1.29 is 9.53 Å². The third kappa shape index (κ3) is 3.11. The lowest BCUT2D eigenvalue weighted by Gasteiger charge is -2.05. The van der Waals surface area contributed by atoms with Gasteiger partial charge in [-0.05, 0) is 43.0 Å². The molecular weight excluding hydrogens is 228 g/mol. The van der Waals surface area contributed by atoms with Crippen LogP contribution in [0.4, 0.5) is 0 Å². The second-order valence-electron chi connectivity index (χ2n) is 4.29. The molecule has 0 radical (unpaired) electrons. The molecular formula is C14H18N2O2. The largest absolute Gasteiger partial charge is 0.372 e. The number of rotatable bonds is 5. The maximum atomic E-state index is 11.4. The fourth-order valence-corrected chi connectivity index (χ4v) is 1.88. The molecule has 4 heteroatoms. The average Bonchev–Trinajstić information content (AvgIpc) is 2.73. The van der Waals surface area contributed by atoms with Crippen molar-refractivity contribution in [2.24, 2.45) is 0 Å². The zero-order chi connectivity index (χ0) is 13.0. The van der Waals surface area contributed by atoms with Crippen LogP contribution in [0.1, 0.15) is 18.2 Å². The van der Waals surface area contributed by atoms with Crippen LogP contribution >= 0.6 is 0 Å². The first-order chi connectivity index (χ1) is 8.69. The van der Waals surface area contributed by atoms with Crippen LogP contribution in [-0.2, 0) is 16.1 Å². The Morgan fingerprint density at radius 2 is 2.22 bits per heavy atom. The maximum absolute atomic E-state index is 11.4. The summed E-state index contributed by atoms with van der Waals surface area (Å²) in [7, 11) is 0. The SMILES string of the molecule is CCOCC(=O)NCc1ccc2[nH]c(C)cc2c1. The molecule has 1 amide bonds. The number of carbonyl (C=O) groups excluding carboxylic acids is 1. The van der Waals surface area contributed by atoms with E-state index in [9.17, 15) is 4.79 Å². The fourth-order valence-electron chi connectivity index (χ4n) is 1.88. The molecule has 0 aliphatic carbocycles. The van der Waals surface area contributed by atoms with Gasteiger partial charge >= 0.3 is 0 Å². The number of aryl methyl sites for hydroxylation is 1. The molecule has 0 saturated carbocycles. The van der Waals surface area contributed by atoms with Gasteiger partial charge in [-0.3, -0.25) is 4.79 Å². The lowest BCUT2D eigenvalue weighted by atomic mass is 10.1. The molecule has 0 saturated heterocycles. The second kappa shape index (κ2) is 5.69. The summed E-state index contributed by atoms with van der Waals surface area (Å²) in [4.78, 5) is 14.7. The van der Waals surface area contributed by atoms with Crippen LogP contribution in [0.5, 0.6) is 0 Å². The molecule has 0 fully saturated rings. The molecule has 2 aromatic rings. The highest BCUT2D eigenvalue weighted by molar-refractivity contribution is 5.81. The zero-order valence-electron chi connectivity index (χ0n) is 10.7. The van der Waals surface area contributed by atoms with Crippen molar-refractivity contribution in [1.82, 2.24) is 10.3 Å². The standard InChI is InChI=1S/C14H18N2O2/c1-3-18-9-14(17)15-8-11-4-5-13-12(7-11)6-10(2)16-13/h4-7,16H,3,8-9H2,1-2H3,(H,15,17). The van der Waals surface area contributed by atoms with Crippen LogP contribution in [0.3, 0.4) is 0 Å². The average molecular weight is 246 g/mol. The number of hydrogen-bond donors (Lipinski definition) is 2. The Hall–Kier alpha value is -1.81. The third-order valence-electron chi connectivity index (χ3n) is 2.75. The van der Waals surface area contributed by atoms with Gasteiger partial charge in [0.1, 0.15) is 6.61 Å². The lowest BCUT2D eigenvalue weighted by Crippen LogP contribution is -2.27. The van der Waals surface area contributed by atoms with Crippen molar-refractivity contribution >= 4 is 16.8 Å². The minimum Gasteiger partial charge on any atom is -0.372 e. The summed E-state index contributed by atoms with van der Waals surface area (Å²) in [5.74, 6) is -0.0813. The summed E-state index contributed by atoms with van der Waals surface area (Å²) in [5.41, 5.74) is 3.35. The summed E-state index contributed by atoms with van der Waals surface area (Å²) in [6.45, 7) is 5.12. The molecule has 18 heavy (non-hydrogen) atoms. The first-order valence-corrected chi connectivity index (χ1v) is 6.11. The number of ether oxygens (including phenoxy) is 1. The van der Waals surface area contributed by atoms with Crippen molar-refractivity contribution in [2.45, 2.75) is 20.4 Å². The Balaban J connectivity index is 1.97. The Labute approximate surface area is 106 Å². The highest BCUT2D eigenvalue weighted by Crippen LogP contribution is 2.16. The molecule has 0 aliphatic rings. The molecule has 1 aromatic carbocycles. The van der Waals surface area contributed by atoms with Gasteiger partial charge in [0.2, 0.25) is 5.91 Å². The van der Waals surface area contributed by atoms with Crippen molar-refractivity contribution in [1.29, 1.82) is 0 Å². The van der Waals surface area contributed by atoms with Gasteiger partial charge in [0.05, 0.1) is 0 Å². The highest BCUT2D eigenvalue weighted by atomic mass is 16.5. The third-order valence-corrected chi connectivity index (χ3v) is 2.75. The molecule has 2 N–H and O–H groups in total. The van der Waals surface area contributed by atoms with Crippen LogP contribution in [-0.4, -0.2) is 24.1 Å². The number of nitrogens with one attached hydrogen (secondary N) is 2. The number of amides is 1. The van der Waals surface area contributed by atoms with E-state index in [-0.39, 0.29) is 12.5 Å². The smallest absolute Gasteiger partial charge is 0.246 e. The number of aromatic amines is 1. The van der Waals surface area contributed by atoms with E-state index >= 15 is 0 Å². The van der Waals surface area contributed by atoms with E-state index in [1.165, 1.54) is 5.39 Å². The number of aromatic nitrogens is 1. The predicted molar refractivity (Wildman–Crippen MR) is 71.4 cm³/mol. The zero-order valence-corrected chi connectivity index (χ0v) is 10.7. The van der Waals surface area contributed by atoms with Gasteiger partial charge < -0.3 is 15.0 Å². The normalized spacial score (nSPS) is 10.8. The molecule has 2 rings (SSSR count). The molecule has 0 atom stereocenters. The number of carbonyl (C=O) groups is 1. The molecule has 0 spiro atoms. The number of hydrogen-bond acceptors (Lipinski definition) is 2. The van der Waals surface area contributed by atoms with Crippen LogP contribution in [0.15, 0.2) is 24.3 Å². The summed E-state index contributed by atoms with van der Waals surface area (Å²) in [5, 5.41) is 4.00. The summed E-state index contributed by atoms with van der Waals surface area (Å²) < 4.78 is 5.04. The monoisotopic (exact) mass is 246 g/mol. The number of H-pyrrole nitrogens is 1. The van der Waals surface area contributed by atoms with Gasteiger partial charge in [0, 0.05) is 24.4 Å². The predicted octanol–water partition coefficient (Wildman–Crippen LogP) is 2.13. The van der Waals surface area contributed by atoms with E-state index in [0.29, 0.717) is 13.2 Å². The van der Waals surface area contributed by atoms with Crippen LogP contribution < -0.4 is 5.32 Å². The van der Waals surface area contributed by atoms with E-state index in [4.69, 9.17) is 4.74 Å². The summed E-state index contributed by atoms with van der Waals surface area (Å²) in [6, 6.07) is 8.23. The van der Waals surface area contributed by atoms with Crippen LogP contribution in [0.2, 0.25) is 0 Å². The lowest BCUT2D eigenvalue weighted by molar-refractivity contribution is -0.125. The first kappa shape index (κ1) is 12.6. The van der Waals surface area contributed by atoms with Gasteiger partial charge in [-0.1, -0.05) is 6.07 Å². The molecule has 1 heterocycles. The van der Waals surface area contributed by atoms with E-state index < -0.39 is 0 Å². The number of benzene rings is 1. The van der Waals surface area contributed by atoms with E-state index in [1.54, 1.807) is 0 Å². The topological polar surface area (TPSA) is 54.1 Å². The van der Waals surface area contributed by atoms with Gasteiger partial charge in [0.25, 0.3) is 0 Å². The fraction of sp³-hybridized carbons (Fsp3) is 0.357. The van der Waals surface area contributed by atoms with Gasteiger partial charge in [-0.15, -0.1) is 0 Å². The van der Waals surface area contributed by atoms with Gasteiger partial charge in [-0.25, -0.2) is 0 Å². The second-order valence-corrected chi connectivity index (χ2v) is 4.29. The summed E-state index contributed by atoms with van der Waals surface area (Å²) in [6.07, 6.45) is 0. The molecule has 96 valence electrons. The van der Waals surface area contributed by atoms with Crippen molar-refractivity contribution in [3.63, 3.8) is 0 Å². The Morgan fingerprint density at radius 3 is 3.00 bits per heavy atom. The number of fused-ring (bicyclic) bond motifs is 1. The van der Waals surface area contributed by atoms with E-state index in [1.807, 2.05) is 26.0 Å². The summed E-state index contributed by atoms with van der Waals surface area (Å²) >= 11 is 0. The molecule has 0 aliphatic heterocycles. The van der Waals surface area contributed by atoms with E-state index in [0.717, 1.165) is 16.8 Å². The Morgan fingerprint density at radius 1 is 1.39 bits per heavy atom. The Kier molecular flexibility index (Phi) is 3.99. The van der Waals surface area contributed by atoms with Crippen molar-refractivity contribution in [3.05, 3.63) is 35.5 Å². The first-order valence-electron chi connectivity index (χ1n) is 6.11. The molecule has 0 bridgehead atoms. The minimum atomic E-state index is -0.0813. The minimum absolute atomic E-state index is 0.0813. The maximum Gasteiger partial charge on any atom is 0.246 e. The van der Waals surface area contributed by atoms with Crippen LogP contribution in [0, 0.1) is 6.92 Å². The van der Waals surface area contributed by atoms with Gasteiger partial charge in [-0.2, -0.15) is 0 Å². The van der Waals surface area contributed by atoms with Crippen molar-refractivity contribution in [2.75, 3.05) is 13.2 Å². The van der Waals surface area contributed by atoms with Gasteiger partial charge in [0.15, 0.2) is 0 Å². The molecule has 0 unspecified atom stereocenters.